The first-order chi connectivity index (χ1) is 23.5. The van der Waals surface area contributed by atoms with Gasteiger partial charge in [-0.1, -0.05) is 92.7 Å². The van der Waals surface area contributed by atoms with Crippen LogP contribution in [0.2, 0.25) is 0 Å². The molecule has 5 atom stereocenters. The third-order valence-electron chi connectivity index (χ3n) is 10.2. The zero-order valence-corrected chi connectivity index (χ0v) is 27.9. The van der Waals surface area contributed by atoms with Gasteiger partial charge in [-0.05, 0) is 79.5 Å². The molecule has 1 unspecified atom stereocenters. The van der Waals surface area contributed by atoms with Crippen LogP contribution in [-0.2, 0) is 19.0 Å². The summed E-state index contributed by atoms with van der Waals surface area (Å²) in [7, 11) is 0. The van der Waals surface area contributed by atoms with Gasteiger partial charge < -0.3 is 19.3 Å². The van der Waals surface area contributed by atoms with E-state index in [4.69, 9.17) is 14.2 Å². The predicted molar refractivity (Wildman–Crippen MR) is 185 cm³/mol. The Morgan fingerprint density at radius 1 is 0.796 bits per heavy atom. The second-order valence-corrected chi connectivity index (χ2v) is 13.3. The van der Waals surface area contributed by atoms with Crippen molar-refractivity contribution in [2.24, 2.45) is 22.7 Å². The molecule has 254 valence electrons. The second kappa shape index (κ2) is 15.3. The summed E-state index contributed by atoms with van der Waals surface area (Å²) in [6, 6.07) is 26.1. The molecule has 3 aromatic rings. The summed E-state index contributed by atoms with van der Waals surface area (Å²) in [5.74, 6) is -2.87. The molecular weight excluding hydrogens is 620 g/mol. The molecule has 0 radical (unpaired) electrons. The number of aliphatic carboxylic acids is 1. The Morgan fingerprint density at radius 2 is 1.33 bits per heavy atom. The SMILES string of the molecule is C=C1CCC2[C@](C)(COC(=O)c3ccccc3)[C@H](OC(=O)c3ccccc3)CC[C@@]2(C)[C@@H]1/C=C/C(=C\COC(=O)c1ccccc1)C(=O)O. The Labute approximate surface area is 287 Å². The van der Waals surface area contributed by atoms with E-state index in [-0.39, 0.29) is 30.6 Å². The average Bonchev–Trinajstić information content (AvgIpc) is 3.11. The number of rotatable bonds is 11. The van der Waals surface area contributed by atoms with Crippen LogP contribution in [0.15, 0.2) is 127 Å². The summed E-state index contributed by atoms with van der Waals surface area (Å²) in [6.45, 7) is 8.40. The lowest BCUT2D eigenvalue weighted by Crippen LogP contribution is -2.58. The molecule has 5 rings (SSSR count). The number of hydrogen-bond donors (Lipinski definition) is 1. The number of allylic oxidation sites excluding steroid dienone is 2. The Kier molecular flexibility index (Phi) is 11.0. The molecular formula is C41H42O8. The highest BCUT2D eigenvalue weighted by Crippen LogP contribution is 2.62. The summed E-state index contributed by atoms with van der Waals surface area (Å²) in [5.41, 5.74) is 1.04. The summed E-state index contributed by atoms with van der Waals surface area (Å²) in [6.07, 6.45) is 6.84. The van der Waals surface area contributed by atoms with Crippen molar-refractivity contribution in [3.8, 4) is 0 Å². The van der Waals surface area contributed by atoms with Gasteiger partial charge >= 0.3 is 23.9 Å². The Bertz CT molecular complexity index is 1730. The fourth-order valence-electron chi connectivity index (χ4n) is 7.59. The van der Waals surface area contributed by atoms with Gasteiger partial charge in [0.05, 0.1) is 22.3 Å². The van der Waals surface area contributed by atoms with E-state index < -0.39 is 40.8 Å². The number of carboxylic acid groups (broad SMARTS) is 1. The number of carbonyl (C=O) groups excluding carboxylic acids is 3. The van der Waals surface area contributed by atoms with E-state index in [1.54, 1.807) is 84.9 Å². The van der Waals surface area contributed by atoms with Crippen LogP contribution in [0.1, 0.15) is 70.6 Å². The molecule has 1 N–H and O–H groups in total. The molecule has 2 fully saturated rings. The third kappa shape index (κ3) is 7.91. The molecule has 8 heteroatoms. The van der Waals surface area contributed by atoms with Crippen LogP contribution in [0.4, 0.5) is 0 Å². The van der Waals surface area contributed by atoms with Gasteiger partial charge in [-0.3, -0.25) is 0 Å². The van der Waals surface area contributed by atoms with Gasteiger partial charge in [-0.2, -0.15) is 0 Å². The molecule has 2 aliphatic rings. The highest BCUT2D eigenvalue weighted by atomic mass is 16.6. The molecule has 2 saturated carbocycles. The van der Waals surface area contributed by atoms with Gasteiger partial charge in [0, 0.05) is 11.3 Å². The number of benzene rings is 3. The number of carboxylic acids is 1. The number of fused-ring (bicyclic) bond motifs is 1. The highest BCUT2D eigenvalue weighted by Gasteiger charge is 2.59. The van der Waals surface area contributed by atoms with Gasteiger partial charge in [0.15, 0.2) is 0 Å². The fourth-order valence-corrected chi connectivity index (χ4v) is 7.59. The number of ether oxygens (including phenoxy) is 3. The zero-order chi connectivity index (χ0) is 35.0. The Balaban J connectivity index is 1.40. The maximum Gasteiger partial charge on any atom is 0.338 e. The lowest BCUT2D eigenvalue weighted by Gasteiger charge is -2.59. The van der Waals surface area contributed by atoms with Crippen LogP contribution >= 0.6 is 0 Å². The molecule has 0 amide bonds. The number of esters is 3. The number of carbonyl (C=O) groups is 4. The van der Waals surface area contributed by atoms with Gasteiger partial charge in [0.1, 0.15) is 19.3 Å². The monoisotopic (exact) mass is 662 g/mol. The minimum atomic E-state index is -1.15. The van der Waals surface area contributed by atoms with Gasteiger partial charge in [0.25, 0.3) is 0 Å². The fraction of sp³-hybridized carbons (Fsp3) is 0.317. The topological polar surface area (TPSA) is 116 Å². The van der Waals surface area contributed by atoms with E-state index >= 15 is 0 Å². The maximum absolute atomic E-state index is 13.3. The van der Waals surface area contributed by atoms with Gasteiger partial charge in [-0.25, -0.2) is 19.2 Å². The standard InChI is InChI=1S/C41H42O8/c1-28-19-22-34-40(2,33(28)21-20-29(36(42)43)24-26-47-37(44)30-13-7-4-8-14-30)25-23-35(49-39(46)32-17-11-6-12-18-32)41(34,3)27-48-38(45)31-15-9-5-10-16-31/h4-18,20-21,24,33-35H,1,19,22-23,25-27H2,2-3H3,(H,42,43)/b21-20+,29-24+/t33-,34?,35-,40+,41+/m1/s1. The van der Waals surface area contributed by atoms with Crippen LogP contribution in [0.5, 0.6) is 0 Å². The van der Waals surface area contributed by atoms with Crippen molar-refractivity contribution < 1.29 is 38.5 Å². The first kappa shape index (κ1) is 35.1. The molecule has 0 aromatic heterocycles. The predicted octanol–water partition coefficient (Wildman–Crippen LogP) is 7.88. The van der Waals surface area contributed by atoms with Crippen molar-refractivity contribution in [2.45, 2.75) is 45.6 Å². The largest absolute Gasteiger partial charge is 0.478 e. The Hall–Kier alpha value is -5.24. The van der Waals surface area contributed by atoms with Crippen molar-refractivity contribution >= 4 is 23.9 Å². The van der Waals surface area contributed by atoms with Crippen LogP contribution in [0, 0.1) is 22.7 Å². The van der Waals surface area contributed by atoms with E-state index in [2.05, 4.69) is 13.5 Å². The third-order valence-corrected chi connectivity index (χ3v) is 10.2. The lowest BCUT2D eigenvalue weighted by atomic mass is 9.46. The summed E-state index contributed by atoms with van der Waals surface area (Å²) < 4.78 is 17.5. The van der Waals surface area contributed by atoms with Crippen LogP contribution < -0.4 is 0 Å². The van der Waals surface area contributed by atoms with Crippen molar-refractivity contribution in [1.82, 2.24) is 0 Å². The summed E-state index contributed by atoms with van der Waals surface area (Å²) >= 11 is 0. The number of hydrogen-bond acceptors (Lipinski definition) is 7. The molecule has 0 spiro atoms. The highest BCUT2D eigenvalue weighted by molar-refractivity contribution is 5.91. The summed E-state index contributed by atoms with van der Waals surface area (Å²) in [5, 5.41) is 9.98. The van der Waals surface area contributed by atoms with E-state index in [9.17, 15) is 24.3 Å². The Morgan fingerprint density at radius 3 is 1.88 bits per heavy atom. The van der Waals surface area contributed by atoms with Crippen molar-refractivity contribution in [3.63, 3.8) is 0 Å². The smallest absolute Gasteiger partial charge is 0.338 e. The second-order valence-electron chi connectivity index (χ2n) is 13.3. The molecule has 2 aliphatic carbocycles. The summed E-state index contributed by atoms with van der Waals surface area (Å²) in [4.78, 5) is 51.0. The van der Waals surface area contributed by atoms with Crippen molar-refractivity contribution in [1.29, 1.82) is 0 Å². The van der Waals surface area contributed by atoms with Crippen molar-refractivity contribution in [3.05, 3.63) is 144 Å². The average molecular weight is 663 g/mol. The molecule has 3 aromatic carbocycles. The first-order valence-electron chi connectivity index (χ1n) is 16.5. The molecule has 0 aliphatic heterocycles. The lowest BCUT2D eigenvalue weighted by molar-refractivity contribution is -0.150. The van der Waals surface area contributed by atoms with E-state index in [1.807, 2.05) is 25.1 Å². The maximum atomic E-state index is 13.3. The van der Waals surface area contributed by atoms with Crippen molar-refractivity contribution in [2.75, 3.05) is 13.2 Å². The van der Waals surface area contributed by atoms with Crippen LogP contribution in [-0.4, -0.2) is 48.3 Å². The molecule has 49 heavy (non-hydrogen) atoms. The van der Waals surface area contributed by atoms with Crippen LogP contribution in [0.3, 0.4) is 0 Å². The minimum Gasteiger partial charge on any atom is -0.478 e. The van der Waals surface area contributed by atoms with Gasteiger partial charge in [-0.15, -0.1) is 0 Å². The molecule has 0 saturated heterocycles. The van der Waals surface area contributed by atoms with E-state index in [0.29, 0.717) is 36.0 Å². The molecule has 0 bridgehead atoms. The molecule has 8 nitrogen and oxygen atoms in total. The van der Waals surface area contributed by atoms with Crippen LogP contribution in [0.25, 0.3) is 0 Å². The van der Waals surface area contributed by atoms with E-state index in [1.165, 1.54) is 6.08 Å². The zero-order valence-electron chi connectivity index (χ0n) is 27.9. The first-order valence-corrected chi connectivity index (χ1v) is 16.5. The minimum absolute atomic E-state index is 0.00980. The van der Waals surface area contributed by atoms with E-state index in [0.717, 1.165) is 12.0 Å². The normalized spacial score (nSPS) is 25.2. The van der Waals surface area contributed by atoms with Gasteiger partial charge in [0.2, 0.25) is 0 Å². The molecule has 0 heterocycles. The quantitative estimate of drug-likeness (QED) is 0.0725.